The number of methoxy groups -OCH3 is 1. The van der Waals surface area contributed by atoms with Crippen LogP contribution in [0.25, 0.3) is 0 Å². The van der Waals surface area contributed by atoms with Gasteiger partial charge in [0, 0.05) is 11.4 Å². The Kier molecular flexibility index (Phi) is 6.43. The molecule has 0 aliphatic carbocycles. The fraction of sp³-hybridized carbons (Fsp3) is 0.143. The van der Waals surface area contributed by atoms with E-state index in [0.717, 1.165) is 16.9 Å². The van der Waals surface area contributed by atoms with Crippen LogP contribution in [0, 0.1) is 13.8 Å². The normalized spacial score (nSPS) is 10.2. The lowest BCUT2D eigenvalue weighted by Gasteiger charge is -2.06. The van der Waals surface area contributed by atoms with E-state index in [9.17, 15) is 14.4 Å². The van der Waals surface area contributed by atoms with Gasteiger partial charge < -0.3 is 15.4 Å². The quantitative estimate of drug-likeness (QED) is 0.525. The summed E-state index contributed by atoms with van der Waals surface area (Å²) in [5.74, 6) is -0.811. The minimum Gasteiger partial charge on any atom is -0.465 e. The van der Waals surface area contributed by atoms with E-state index in [-0.39, 0.29) is 5.91 Å². The Labute approximate surface area is 177 Å². The molecule has 3 N–H and O–H groups in total. The van der Waals surface area contributed by atoms with Crippen molar-refractivity contribution in [3.63, 3.8) is 0 Å². The van der Waals surface area contributed by atoms with E-state index >= 15 is 0 Å². The first-order chi connectivity index (χ1) is 14.4. The number of anilines is 3. The van der Waals surface area contributed by atoms with Crippen LogP contribution in [-0.4, -0.2) is 30.0 Å². The van der Waals surface area contributed by atoms with E-state index in [0.29, 0.717) is 32.6 Å². The number of nitrogens with one attached hydrogen (secondary N) is 3. The third kappa shape index (κ3) is 5.21. The summed E-state index contributed by atoms with van der Waals surface area (Å²) in [7, 11) is 1.30. The lowest BCUT2D eigenvalue weighted by atomic mass is 10.2. The van der Waals surface area contributed by atoms with Gasteiger partial charge >= 0.3 is 12.0 Å². The maximum atomic E-state index is 12.6. The fourth-order valence-electron chi connectivity index (χ4n) is 2.64. The Morgan fingerprint density at radius 3 is 2.33 bits per heavy atom. The molecule has 0 atom stereocenters. The monoisotopic (exact) mass is 424 g/mol. The van der Waals surface area contributed by atoms with Gasteiger partial charge in [0.15, 0.2) is 5.13 Å². The van der Waals surface area contributed by atoms with Crippen molar-refractivity contribution in [1.82, 2.24) is 4.98 Å². The Hall–Kier alpha value is -3.72. The molecule has 0 aliphatic rings. The van der Waals surface area contributed by atoms with Crippen molar-refractivity contribution in [2.45, 2.75) is 13.8 Å². The zero-order chi connectivity index (χ0) is 21.7. The number of hydrogen-bond donors (Lipinski definition) is 3. The lowest BCUT2D eigenvalue weighted by Crippen LogP contribution is -2.19. The van der Waals surface area contributed by atoms with E-state index in [2.05, 4.69) is 25.7 Å². The van der Waals surface area contributed by atoms with Crippen molar-refractivity contribution < 1.29 is 19.1 Å². The van der Waals surface area contributed by atoms with E-state index in [4.69, 9.17) is 0 Å². The molecule has 154 valence electrons. The summed E-state index contributed by atoms with van der Waals surface area (Å²) in [5, 5.41) is 8.42. The zero-order valence-corrected chi connectivity index (χ0v) is 17.4. The van der Waals surface area contributed by atoms with Crippen molar-refractivity contribution >= 4 is 45.8 Å². The van der Waals surface area contributed by atoms with Crippen molar-refractivity contribution in [2.75, 3.05) is 23.1 Å². The van der Waals surface area contributed by atoms with Gasteiger partial charge in [0.05, 0.1) is 18.4 Å². The third-order valence-electron chi connectivity index (χ3n) is 4.06. The summed E-state index contributed by atoms with van der Waals surface area (Å²) in [4.78, 5) is 40.9. The van der Waals surface area contributed by atoms with E-state index in [1.54, 1.807) is 37.3 Å². The molecule has 0 bridgehead atoms. The molecule has 3 rings (SSSR count). The third-order valence-corrected chi connectivity index (χ3v) is 5.13. The SMILES string of the molecule is COC(=O)c1ccc(NC(=O)c2sc(NC(=O)Nc3cccc(C)c3)nc2C)cc1. The number of carbonyl (C=O) groups is 3. The minimum atomic E-state index is -0.453. The maximum Gasteiger partial charge on any atom is 0.337 e. The van der Waals surface area contributed by atoms with Crippen molar-refractivity contribution in [1.29, 1.82) is 0 Å². The molecule has 0 saturated heterocycles. The highest BCUT2D eigenvalue weighted by atomic mass is 32.1. The van der Waals surface area contributed by atoms with Gasteiger partial charge in [-0.15, -0.1) is 0 Å². The number of rotatable bonds is 5. The summed E-state index contributed by atoms with van der Waals surface area (Å²) >= 11 is 1.07. The van der Waals surface area contributed by atoms with Crippen LogP contribution in [0.5, 0.6) is 0 Å². The molecular weight excluding hydrogens is 404 g/mol. The molecule has 3 aromatic rings. The smallest absolute Gasteiger partial charge is 0.337 e. The molecule has 0 unspecified atom stereocenters. The number of aromatic nitrogens is 1. The summed E-state index contributed by atoms with van der Waals surface area (Å²) in [6.07, 6.45) is 0. The summed E-state index contributed by atoms with van der Waals surface area (Å²) in [6.45, 7) is 3.62. The minimum absolute atomic E-state index is 0.309. The highest BCUT2D eigenvalue weighted by Gasteiger charge is 2.17. The molecular formula is C21H20N4O4S. The summed E-state index contributed by atoms with van der Waals surface area (Å²) in [6, 6.07) is 13.3. The highest BCUT2D eigenvalue weighted by molar-refractivity contribution is 7.17. The Balaban J connectivity index is 1.64. The molecule has 9 heteroatoms. The fourth-order valence-corrected chi connectivity index (χ4v) is 3.49. The topological polar surface area (TPSA) is 109 Å². The van der Waals surface area contributed by atoms with E-state index in [1.807, 2.05) is 25.1 Å². The van der Waals surface area contributed by atoms with Gasteiger partial charge in [0.1, 0.15) is 4.88 Å². The lowest BCUT2D eigenvalue weighted by molar-refractivity contribution is 0.0600. The average Bonchev–Trinajstić information content (AvgIpc) is 3.07. The van der Waals surface area contributed by atoms with Crippen LogP contribution in [0.2, 0.25) is 0 Å². The van der Waals surface area contributed by atoms with Crippen LogP contribution in [0.3, 0.4) is 0 Å². The molecule has 0 radical (unpaired) electrons. The summed E-state index contributed by atoms with van der Waals surface area (Å²) < 4.78 is 4.65. The van der Waals surface area contributed by atoms with Crippen LogP contribution in [-0.2, 0) is 4.74 Å². The molecule has 0 saturated carbocycles. The summed E-state index contributed by atoms with van der Waals surface area (Å²) in [5.41, 5.74) is 3.09. The average molecular weight is 424 g/mol. The Morgan fingerprint density at radius 2 is 1.67 bits per heavy atom. The van der Waals surface area contributed by atoms with Crippen molar-refractivity contribution in [2.24, 2.45) is 0 Å². The number of hydrogen-bond acceptors (Lipinski definition) is 6. The van der Waals surface area contributed by atoms with Crippen LogP contribution >= 0.6 is 11.3 Å². The zero-order valence-electron chi connectivity index (χ0n) is 16.6. The van der Waals surface area contributed by atoms with E-state index < -0.39 is 12.0 Å². The molecule has 1 aromatic heterocycles. The Bertz CT molecular complexity index is 1090. The molecule has 30 heavy (non-hydrogen) atoms. The Morgan fingerprint density at radius 1 is 0.933 bits per heavy atom. The number of esters is 1. The van der Waals surface area contributed by atoms with Crippen LogP contribution in [0.1, 0.15) is 31.3 Å². The first-order valence-electron chi connectivity index (χ1n) is 8.97. The molecule has 0 spiro atoms. The van der Waals surface area contributed by atoms with Gasteiger partial charge in [0.2, 0.25) is 0 Å². The number of amides is 3. The van der Waals surface area contributed by atoms with Gasteiger partial charge in [-0.05, 0) is 55.8 Å². The number of carbonyl (C=O) groups excluding carboxylic acids is 3. The van der Waals surface area contributed by atoms with Crippen LogP contribution in [0.4, 0.5) is 21.3 Å². The first kappa shape index (κ1) is 21.0. The predicted molar refractivity (Wildman–Crippen MR) is 116 cm³/mol. The number of aryl methyl sites for hydroxylation is 2. The second-order valence-electron chi connectivity index (χ2n) is 6.41. The second-order valence-corrected chi connectivity index (χ2v) is 7.40. The van der Waals surface area contributed by atoms with Crippen molar-refractivity contribution in [3.8, 4) is 0 Å². The van der Waals surface area contributed by atoms with Crippen LogP contribution < -0.4 is 16.0 Å². The molecule has 3 amide bonds. The molecule has 2 aromatic carbocycles. The van der Waals surface area contributed by atoms with Gasteiger partial charge in [0.25, 0.3) is 5.91 Å². The molecule has 0 fully saturated rings. The van der Waals surface area contributed by atoms with E-state index in [1.165, 1.54) is 7.11 Å². The molecule has 1 heterocycles. The number of benzene rings is 2. The van der Waals surface area contributed by atoms with Gasteiger partial charge in [-0.3, -0.25) is 10.1 Å². The standard InChI is InChI=1S/C21H20N4O4S/c1-12-5-4-6-16(11-12)24-20(28)25-21-22-13(2)17(30-21)18(26)23-15-9-7-14(8-10-15)19(27)29-3/h4-11H,1-3H3,(H,23,26)(H2,22,24,25,28). The maximum absolute atomic E-state index is 12.6. The first-order valence-corrected chi connectivity index (χ1v) is 9.79. The number of ether oxygens (including phenoxy) is 1. The molecule has 8 nitrogen and oxygen atoms in total. The molecule has 0 aliphatic heterocycles. The highest BCUT2D eigenvalue weighted by Crippen LogP contribution is 2.24. The van der Waals surface area contributed by atoms with Gasteiger partial charge in [-0.25, -0.2) is 14.6 Å². The number of nitrogens with zero attached hydrogens (tertiary/aromatic N) is 1. The second kappa shape index (κ2) is 9.19. The predicted octanol–water partition coefficient (Wildman–Crippen LogP) is 4.44. The largest absolute Gasteiger partial charge is 0.465 e. The van der Waals surface area contributed by atoms with Crippen molar-refractivity contribution in [3.05, 3.63) is 70.2 Å². The number of urea groups is 1. The van der Waals surface area contributed by atoms with Crippen LogP contribution in [0.15, 0.2) is 48.5 Å². The van der Waals surface area contributed by atoms with Gasteiger partial charge in [-0.2, -0.15) is 0 Å². The van der Waals surface area contributed by atoms with Gasteiger partial charge in [-0.1, -0.05) is 23.5 Å². The number of thiazole rings is 1.